The molecule has 0 heterocycles. The van der Waals surface area contributed by atoms with E-state index >= 15 is 0 Å². The van der Waals surface area contributed by atoms with Crippen LogP contribution in [-0.2, 0) is 16.2 Å². The molecule has 0 unspecified atom stereocenters. The van der Waals surface area contributed by atoms with Crippen LogP contribution in [0.15, 0.2) is 24.3 Å². The van der Waals surface area contributed by atoms with Crippen LogP contribution in [0.3, 0.4) is 0 Å². The molecule has 0 aliphatic rings. The number of carbonyl (C=O) groups is 1. The third kappa shape index (κ3) is 2.30. The van der Waals surface area contributed by atoms with Gasteiger partial charge < -0.3 is 0 Å². The van der Waals surface area contributed by atoms with Crippen LogP contribution in [0.5, 0.6) is 0 Å². The first-order valence-electron chi connectivity index (χ1n) is 3.28. The summed E-state index contributed by atoms with van der Waals surface area (Å²) in [4.78, 5) is 13.3. The molecule has 0 saturated heterocycles. The van der Waals surface area contributed by atoms with E-state index < -0.39 is 11.8 Å². The first-order valence-corrected chi connectivity index (χ1v) is 3.28. The number of hydrogen-bond acceptors (Lipinski definition) is 2. The Bertz CT molecular complexity index is 269. The van der Waals surface area contributed by atoms with Crippen LogP contribution in [0.4, 0.5) is 8.92 Å². The Morgan fingerprint density at radius 2 is 1.92 bits per heavy atom. The van der Waals surface area contributed by atoms with Crippen LogP contribution < -0.4 is 0 Å². The second-order valence-corrected chi connectivity index (χ2v) is 2.25. The Kier molecular flexibility index (Phi) is 2.74. The van der Waals surface area contributed by atoms with Crippen molar-refractivity contribution in [2.45, 2.75) is 6.42 Å². The number of rotatable bonds is 2. The zero-order valence-corrected chi connectivity index (χ0v) is 6.09. The van der Waals surface area contributed by atoms with Gasteiger partial charge in [0.2, 0.25) is 0 Å². The van der Waals surface area contributed by atoms with Crippen molar-refractivity contribution in [3.8, 4) is 0 Å². The van der Waals surface area contributed by atoms with E-state index in [0.29, 0.717) is 5.56 Å². The van der Waals surface area contributed by atoms with Crippen LogP contribution in [0.2, 0.25) is 0 Å². The number of carbonyl (C=O) groups excluding carboxylic acids is 1. The van der Waals surface area contributed by atoms with Gasteiger partial charge in [-0.15, -0.1) is 0 Å². The summed E-state index contributed by atoms with van der Waals surface area (Å²) in [5.74, 6) is -1.38. The van der Waals surface area contributed by atoms with Crippen molar-refractivity contribution in [2.75, 3.05) is 0 Å². The maximum absolute atomic E-state index is 12.3. The van der Waals surface area contributed by atoms with Crippen LogP contribution in [-0.4, -0.2) is 5.97 Å². The summed E-state index contributed by atoms with van der Waals surface area (Å²) in [6.07, 6.45) is -0.184. The highest BCUT2D eigenvalue weighted by atomic mass is 19.3. The molecule has 4 heteroatoms. The number of halogens is 2. The van der Waals surface area contributed by atoms with E-state index in [1.807, 2.05) is 0 Å². The lowest BCUT2D eigenvalue weighted by molar-refractivity contribution is -0.182. The molecule has 2 nitrogen and oxygen atoms in total. The lowest BCUT2D eigenvalue weighted by Gasteiger charge is -1.95. The van der Waals surface area contributed by atoms with Gasteiger partial charge >= 0.3 is 5.97 Å². The van der Waals surface area contributed by atoms with Crippen molar-refractivity contribution in [3.05, 3.63) is 35.6 Å². The van der Waals surface area contributed by atoms with Crippen molar-refractivity contribution in [1.82, 2.24) is 0 Å². The highest BCUT2D eigenvalue weighted by molar-refractivity contribution is 5.71. The lowest BCUT2D eigenvalue weighted by atomic mass is 10.1. The molecule has 0 aliphatic heterocycles. The molecule has 12 heavy (non-hydrogen) atoms. The third-order valence-corrected chi connectivity index (χ3v) is 1.35. The standard InChI is InChI=1S/C8H6F2O2/c9-7-3-1-6(2-4-7)5-8(11)12-10/h1-4H,5H2. The molecule has 0 aromatic heterocycles. The van der Waals surface area contributed by atoms with Gasteiger partial charge in [-0.1, -0.05) is 12.1 Å². The van der Waals surface area contributed by atoms with Crippen molar-refractivity contribution in [2.24, 2.45) is 0 Å². The SMILES string of the molecule is O=C(Cc1ccc(F)cc1)OF. The van der Waals surface area contributed by atoms with Gasteiger partial charge in [0, 0.05) is 4.53 Å². The molecule has 0 fully saturated rings. The molecule has 1 aromatic rings. The molecular formula is C8H6F2O2. The summed E-state index contributed by atoms with van der Waals surface area (Å²) >= 11 is 0. The smallest absolute Gasteiger partial charge is 0.255 e. The highest BCUT2D eigenvalue weighted by Gasteiger charge is 2.04. The maximum Gasteiger partial charge on any atom is 0.353 e. The summed E-state index contributed by atoms with van der Waals surface area (Å²) in [7, 11) is 0. The Balaban J connectivity index is 2.64. The fraction of sp³-hybridized carbons (Fsp3) is 0.125. The van der Waals surface area contributed by atoms with Crippen LogP contribution in [0, 0.1) is 5.82 Å². The lowest BCUT2D eigenvalue weighted by Crippen LogP contribution is -2.01. The molecule has 0 N–H and O–H groups in total. The summed E-state index contributed by atoms with van der Waals surface area (Å²) in [5.41, 5.74) is 0.513. The Labute approximate surface area is 67.7 Å². The van der Waals surface area contributed by atoms with Gasteiger partial charge in [-0.3, -0.25) is 4.94 Å². The number of hydrogen-bond donors (Lipinski definition) is 0. The van der Waals surface area contributed by atoms with Gasteiger partial charge in [0.1, 0.15) is 5.82 Å². The second-order valence-electron chi connectivity index (χ2n) is 2.25. The maximum atomic E-state index is 12.3. The summed E-state index contributed by atoms with van der Waals surface area (Å²) in [5, 5.41) is 0. The zero-order chi connectivity index (χ0) is 8.97. The average Bonchev–Trinajstić information content (AvgIpc) is 2.09. The molecule has 0 amide bonds. The predicted molar refractivity (Wildman–Crippen MR) is 37.3 cm³/mol. The summed E-state index contributed by atoms with van der Waals surface area (Å²) in [6, 6.07) is 5.18. The van der Waals surface area contributed by atoms with Gasteiger partial charge in [0.25, 0.3) is 0 Å². The molecular weight excluding hydrogens is 166 g/mol. The van der Waals surface area contributed by atoms with Gasteiger partial charge in [-0.05, 0) is 17.7 Å². The first-order chi connectivity index (χ1) is 5.72. The predicted octanol–water partition coefficient (Wildman–Crippen LogP) is 1.80. The van der Waals surface area contributed by atoms with Crippen molar-refractivity contribution in [3.63, 3.8) is 0 Å². The molecule has 0 radical (unpaired) electrons. The highest BCUT2D eigenvalue weighted by Crippen LogP contribution is 2.04. The van der Waals surface area contributed by atoms with E-state index in [4.69, 9.17) is 0 Å². The fourth-order valence-electron chi connectivity index (χ4n) is 0.796. The van der Waals surface area contributed by atoms with Gasteiger partial charge in [0.05, 0.1) is 6.42 Å². The summed E-state index contributed by atoms with van der Waals surface area (Å²) in [6.45, 7) is 0. The van der Waals surface area contributed by atoms with E-state index in [1.54, 1.807) is 0 Å². The van der Waals surface area contributed by atoms with E-state index in [2.05, 4.69) is 4.94 Å². The van der Waals surface area contributed by atoms with Crippen LogP contribution >= 0.6 is 0 Å². The number of benzene rings is 1. The normalized spacial score (nSPS) is 9.50. The first kappa shape index (κ1) is 8.64. The third-order valence-electron chi connectivity index (χ3n) is 1.35. The van der Waals surface area contributed by atoms with Crippen molar-refractivity contribution >= 4 is 5.97 Å². The molecule has 0 aliphatic carbocycles. The second kappa shape index (κ2) is 3.80. The van der Waals surface area contributed by atoms with Gasteiger partial charge in [0.15, 0.2) is 0 Å². The van der Waals surface area contributed by atoms with Crippen LogP contribution in [0.1, 0.15) is 5.56 Å². The van der Waals surface area contributed by atoms with Gasteiger partial charge in [-0.25, -0.2) is 9.18 Å². The summed E-state index contributed by atoms with van der Waals surface area (Å²) < 4.78 is 23.5. The van der Waals surface area contributed by atoms with E-state index in [9.17, 15) is 13.7 Å². The molecule has 0 spiro atoms. The van der Waals surface area contributed by atoms with Crippen molar-refractivity contribution < 1.29 is 18.7 Å². The molecule has 64 valence electrons. The topological polar surface area (TPSA) is 26.3 Å². The molecule has 0 atom stereocenters. The Morgan fingerprint density at radius 3 is 2.42 bits per heavy atom. The van der Waals surface area contributed by atoms with E-state index in [1.165, 1.54) is 24.3 Å². The average molecular weight is 172 g/mol. The fourth-order valence-corrected chi connectivity index (χ4v) is 0.796. The quantitative estimate of drug-likeness (QED) is 0.679. The largest absolute Gasteiger partial charge is 0.353 e. The van der Waals surface area contributed by atoms with Crippen LogP contribution in [0.25, 0.3) is 0 Å². The molecule has 0 saturated carbocycles. The minimum Gasteiger partial charge on any atom is -0.255 e. The van der Waals surface area contributed by atoms with Gasteiger partial charge in [-0.2, -0.15) is 0 Å². The Morgan fingerprint density at radius 1 is 1.33 bits per heavy atom. The molecule has 1 rings (SSSR count). The molecule has 1 aromatic carbocycles. The zero-order valence-electron chi connectivity index (χ0n) is 6.09. The van der Waals surface area contributed by atoms with Crippen molar-refractivity contribution in [1.29, 1.82) is 0 Å². The minimum absolute atomic E-state index is 0.184. The monoisotopic (exact) mass is 172 g/mol. The molecule has 0 bridgehead atoms. The van der Waals surface area contributed by atoms with E-state index in [-0.39, 0.29) is 6.42 Å². The van der Waals surface area contributed by atoms with E-state index in [0.717, 1.165) is 0 Å². The Hall–Kier alpha value is -1.45. The minimum atomic E-state index is -0.985.